The third-order valence-electron chi connectivity index (χ3n) is 2.88. The molecule has 0 bridgehead atoms. The van der Waals surface area contributed by atoms with E-state index in [-0.39, 0.29) is 17.6 Å². The first-order chi connectivity index (χ1) is 12.7. The summed E-state index contributed by atoms with van der Waals surface area (Å²) in [7, 11) is 1.35. The van der Waals surface area contributed by atoms with Crippen LogP contribution < -0.4 is 0 Å². The van der Waals surface area contributed by atoms with Gasteiger partial charge in [-0.2, -0.15) is 13.2 Å². The minimum atomic E-state index is -4.69. The molecule has 0 N–H and O–H groups in total. The standard InChI is InChI=1S/C13H10F3NO2S.C5H8O2/c1-2-19-12(18)9-10(13(14,15)16)17-11(20-9)8-6-4-3-5-7-8;1-3-4-5(6)7-2/h3-7H,2H2,1H3;3-4H,1-2H3/b;4-3+. The van der Waals surface area contributed by atoms with Crippen LogP contribution in [-0.2, 0) is 20.4 Å². The molecule has 0 amide bonds. The van der Waals surface area contributed by atoms with Crippen LogP contribution in [0.25, 0.3) is 10.6 Å². The van der Waals surface area contributed by atoms with Gasteiger partial charge in [0.2, 0.25) is 0 Å². The van der Waals surface area contributed by atoms with Gasteiger partial charge >= 0.3 is 18.1 Å². The van der Waals surface area contributed by atoms with E-state index in [2.05, 4.69) is 14.5 Å². The molecule has 0 radical (unpaired) electrons. The number of methoxy groups -OCH3 is 1. The molecule has 0 saturated carbocycles. The molecule has 0 saturated heterocycles. The van der Waals surface area contributed by atoms with Crippen LogP contribution in [0, 0.1) is 0 Å². The van der Waals surface area contributed by atoms with Crippen LogP contribution in [0.2, 0.25) is 0 Å². The van der Waals surface area contributed by atoms with Crippen molar-refractivity contribution in [1.82, 2.24) is 4.98 Å². The summed E-state index contributed by atoms with van der Waals surface area (Å²) < 4.78 is 47.7. The lowest BCUT2D eigenvalue weighted by Crippen LogP contribution is -2.13. The number of carbonyl (C=O) groups excluding carboxylic acids is 2. The Bertz CT molecular complexity index is 786. The number of nitrogens with zero attached hydrogens (tertiary/aromatic N) is 1. The van der Waals surface area contributed by atoms with E-state index in [1.165, 1.54) is 20.1 Å². The lowest BCUT2D eigenvalue weighted by Gasteiger charge is -2.05. The molecule has 5 nitrogen and oxygen atoms in total. The van der Waals surface area contributed by atoms with Crippen LogP contribution in [0.15, 0.2) is 42.5 Å². The molecule has 9 heteroatoms. The highest BCUT2D eigenvalue weighted by Crippen LogP contribution is 2.37. The molecule has 0 spiro atoms. The third kappa shape index (κ3) is 6.86. The van der Waals surface area contributed by atoms with E-state index in [9.17, 15) is 22.8 Å². The number of hydrogen-bond donors (Lipinski definition) is 0. The van der Waals surface area contributed by atoms with Crippen LogP contribution in [0.4, 0.5) is 13.2 Å². The zero-order chi connectivity index (χ0) is 20.4. The molecule has 0 aliphatic heterocycles. The van der Waals surface area contributed by atoms with E-state index in [0.717, 1.165) is 0 Å². The van der Waals surface area contributed by atoms with E-state index in [0.29, 0.717) is 16.9 Å². The van der Waals surface area contributed by atoms with Crippen molar-refractivity contribution in [2.45, 2.75) is 20.0 Å². The third-order valence-corrected chi connectivity index (χ3v) is 3.97. The molecule has 0 fully saturated rings. The Morgan fingerprint density at radius 3 is 2.30 bits per heavy atom. The normalized spacial score (nSPS) is 10.9. The highest BCUT2D eigenvalue weighted by atomic mass is 32.1. The maximum atomic E-state index is 12.9. The average molecular weight is 401 g/mol. The van der Waals surface area contributed by atoms with Gasteiger partial charge in [-0.3, -0.25) is 0 Å². The van der Waals surface area contributed by atoms with Gasteiger partial charge in [-0.1, -0.05) is 36.4 Å². The van der Waals surface area contributed by atoms with Gasteiger partial charge in [0.05, 0.1) is 13.7 Å². The van der Waals surface area contributed by atoms with Gasteiger partial charge in [-0.05, 0) is 13.8 Å². The monoisotopic (exact) mass is 401 g/mol. The summed E-state index contributed by atoms with van der Waals surface area (Å²) in [5.74, 6) is -1.30. The number of aromatic nitrogens is 1. The number of rotatable bonds is 4. The van der Waals surface area contributed by atoms with Crippen LogP contribution >= 0.6 is 11.3 Å². The molecule has 1 aromatic carbocycles. The average Bonchev–Trinajstić information content (AvgIpc) is 3.09. The highest BCUT2D eigenvalue weighted by molar-refractivity contribution is 7.17. The fourth-order valence-electron chi connectivity index (χ4n) is 1.76. The lowest BCUT2D eigenvalue weighted by molar-refractivity contribution is -0.141. The van der Waals surface area contributed by atoms with E-state index in [4.69, 9.17) is 0 Å². The summed E-state index contributed by atoms with van der Waals surface area (Å²) in [6.45, 7) is 3.30. The van der Waals surface area contributed by atoms with Gasteiger partial charge in [0.25, 0.3) is 0 Å². The lowest BCUT2D eigenvalue weighted by atomic mass is 10.2. The van der Waals surface area contributed by atoms with Crippen molar-refractivity contribution < 1.29 is 32.2 Å². The summed E-state index contributed by atoms with van der Waals surface area (Å²) in [6, 6.07) is 8.39. The Kier molecular flexibility index (Phi) is 8.67. The van der Waals surface area contributed by atoms with Crippen molar-refractivity contribution in [2.24, 2.45) is 0 Å². The van der Waals surface area contributed by atoms with Crippen LogP contribution in [0.1, 0.15) is 29.2 Å². The quantitative estimate of drug-likeness (QED) is 0.547. The number of ether oxygens (including phenoxy) is 2. The predicted molar refractivity (Wildman–Crippen MR) is 95.3 cm³/mol. The Morgan fingerprint density at radius 1 is 1.22 bits per heavy atom. The molecule has 27 heavy (non-hydrogen) atoms. The van der Waals surface area contributed by atoms with Crippen LogP contribution in [-0.4, -0.2) is 30.6 Å². The van der Waals surface area contributed by atoms with Crippen molar-refractivity contribution >= 4 is 23.3 Å². The minimum Gasteiger partial charge on any atom is -0.466 e. The van der Waals surface area contributed by atoms with E-state index in [1.54, 1.807) is 43.3 Å². The molecular weight excluding hydrogens is 383 g/mol. The maximum Gasteiger partial charge on any atom is 0.435 e. The number of esters is 2. The topological polar surface area (TPSA) is 65.5 Å². The van der Waals surface area contributed by atoms with Crippen LogP contribution in [0.3, 0.4) is 0 Å². The Morgan fingerprint density at radius 2 is 1.85 bits per heavy atom. The molecule has 146 valence electrons. The molecular formula is C18H18F3NO4S. The second-order valence-corrected chi connectivity index (χ2v) is 5.80. The smallest absolute Gasteiger partial charge is 0.435 e. The Balaban J connectivity index is 0.000000445. The van der Waals surface area contributed by atoms with Crippen molar-refractivity contribution in [3.63, 3.8) is 0 Å². The molecule has 0 atom stereocenters. The van der Waals surface area contributed by atoms with E-state index in [1.807, 2.05) is 0 Å². The minimum absolute atomic E-state index is 0.00863. The number of allylic oxidation sites excluding steroid dienone is 1. The van der Waals surface area contributed by atoms with Gasteiger partial charge in [0, 0.05) is 11.6 Å². The second kappa shape index (κ2) is 10.5. The van der Waals surface area contributed by atoms with Gasteiger partial charge in [0.15, 0.2) is 5.69 Å². The first-order valence-corrected chi connectivity index (χ1v) is 8.57. The van der Waals surface area contributed by atoms with Crippen LogP contribution in [0.5, 0.6) is 0 Å². The van der Waals surface area contributed by atoms with Gasteiger partial charge in [0.1, 0.15) is 9.88 Å². The Labute approximate surface area is 158 Å². The molecule has 2 aromatic rings. The Hall–Kier alpha value is -2.68. The fraction of sp³-hybridized carbons (Fsp3) is 0.278. The molecule has 0 unspecified atom stereocenters. The van der Waals surface area contributed by atoms with E-state index >= 15 is 0 Å². The number of thiazole rings is 1. The fourth-order valence-corrected chi connectivity index (χ4v) is 2.74. The maximum absolute atomic E-state index is 12.9. The summed E-state index contributed by atoms with van der Waals surface area (Å²) >= 11 is 0.682. The molecule has 0 aliphatic rings. The predicted octanol–water partition coefficient (Wildman–Crippen LogP) is 4.74. The number of alkyl halides is 3. The molecule has 0 aliphatic carbocycles. The number of benzene rings is 1. The number of hydrogen-bond acceptors (Lipinski definition) is 6. The number of halogens is 3. The van der Waals surface area contributed by atoms with E-state index < -0.39 is 22.7 Å². The first kappa shape index (κ1) is 22.4. The summed E-state index contributed by atoms with van der Waals surface area (Å²) in [6.07, 6.45) is -1.70. The first-order valence-electron chi connectivity index (χ1n) is 7.75. The van der Waals surface area contributed by atoms with Crippen molar-refractivity contribution in [3.05, 3.63) is 53.1 Å². The molecule has 2 rings (SSSR count). The largest absolute Gasteiger partial charge is 0.466 e. The second-order valence-electron chi connectivity index (χ2n) is 4.80. The van der Waals surface area contributed by atoms with Crippen molar-refractivity contribution in [1.29, 1.82) is 0 Å². The summed E-state index contributed by atoms with van der Waals surface area (Å²) in [4.78, 5) is 24.7. The SMILES string of the molecule is C/C=C/C(=O)OC.CCOC(=O)c1sc(-c2ccccc2)nc1C(F)(F)F. The van der Waals surface area contributed by atoms with Gasteiger partial charge in [-0.15, -0.1) is 11.3 Å². The number of carbonyl (C=O) groups is 2. The zero-order valence-corrected chi connectivity index (χ0v) is 15.7. The zero-order valence-electron chi connectivity index (χ0n) is 14.9. The van der Waals surface area contributed by atoms with Gasteiger partial charge in [-0.25, -0.2) is 14.6 Å². The van der Waals surface area contributed by atoms with Crippen molar-refractivity contribution in [2.75, 3.05) is 13.7 Å². The van der Waals surface area contributed by atoms with Gasteiger partial charge < -0.3 is 9.47 Å². The van der Waals surface area contributed by atoms with Crippen molar-refractivity contribution in [3.8, 4) is 10.6 Å². The molecule has 1 heterocycles. The molecule has 1 aromatic heterocycles. The highest BCUT2D eigenvalue weighted by Gasteiger charge is 2.40. The summed E-state index contributed by atoms with van der Waals surface area (Å²) in [5.41, 5.74) is -0.668. The summed E-state index contributed by atoms with van der Waals surface area (Å²) in [5, 5.41) is 0.140.